The molecule has 1 aromatic carbocycles. The van der Waals surface area contributed by atoms with E-state index < -0.39 is 24.1 Å². The first kappa shape index (κ1) is 13.0. The summed E-state index contributed by atoms with van der Waals surface area (Å²) in [5.74, 6) is -0.686. The maximum absolute atomic E-state index is 12.4. The number of hydrogen-bond donors (Lipinski definition) is 0. The summed E-state index contributed by atoms with van der Waals surface area (Å²) in [5.41, 5.74) is -1.20. The molecule has 0 N–H and O–H groups in total. The molecule has 0 fully saturated rings. The molecule has 1 rings (SSSR count). The summed E-state index contributed by atoms with van der Waals surface area (Å²) < 4.78 is 64.8. The maximum Gasteiger partial charge on any atom is 0.416 e. The van der Waals surface area contributed by atoms with Gasteiger partial charge in [0.2, 0.25) is 0 Å². The van der Waals surface area contributed by atoms with Gasteiger partial charge in [-0.25, -0.2) is 0 Å². The Bertz CT molecular complexity index is 388. The summed E-state index contributed by atoms with van der Waals surface area (Å²) in [6.45, 7) is -2.04. The van der Waals surface area contributed by atoms with Crippen LogP contribution in [0.15, 0.2) is 12.1 Å². The monoisotopic (exact) mass is 260 g/mol. The first-order chi connectivity index (χ1) is 7.21. The molecule has 0 amide bonds. The zero-order chi connectivity index (χ0) is 12.5. The summed E-state index contributed by atoms with van der Waals surface area (Å²) in [6.07, 6.45) is -4.63. The van der Waals surface area contributed by atoms with Gasteiger partial charge in [0.25, 0.3) is 0 Å². The van der Waals surface area contributed by atoms with Crippen LogP contribution < -0.4 is 4.74 Å². The van der Waals surface area contributed by atoms with Crippen molar-refractivity contribution in [3.05, 3.63) is 28.3 Å². The van der Waals surface area contributed by atoms with Crippen LogP contribution in [0.5, 0.6) is 5.75 Å². The van der Waals surface area contributed by atoms with Gasteiger partial charge in [-0.2, -0.15) is 22.0 Å². The van der Waals surface area contributed by atoms with Gasteiger partial charge in [0, 0.05) is 0 Å². The Morgan fingerprint density at radius 1 is 1.25 bits per heavy atom. The fourth-order valence-corrected chi connectivity index (χ4v) is 1.41. The molecule has 0 atom stereocenters. The number of halogens is 6. The zero-order valence-electron chi connectivity index (χ0n) is 7.91. The topological polar surface area (TPSA) is 9.23 Å². The summed E-state index contributed by atoms with van der Waals surface area (Å²) in [6, 6.07) is 1.39. The Morgan fingerprint density at radius 2 is 1.81 bits per heavy atom. The number of benzene rings is 1. The van der Waals surface area contributed by atoms with Gasteiger partial charge in [0.1, 0.15) is 5.75 Å². The minimum absolute atomic E-state index is 0.154. The maximum atomic E-state index is 12.4. The van der Waals surface area contributed by atoms with Crippen LogP contribution in [0.4, 0.5) is 22.0 Å². The molecule has 0 spiro atoms. The van der Waals surface area contributed by atoms with Crippen molar-refractivity contribution in [3.63, 3.8) is 0 Å². The van der Waals surface area contributed by atoms with E-state index in [9.17, 15) is 22.0 Å². The van der Waals surface area contributed by atoms with E-state index in [1.807, 2.05) is 0 Å². The van der Waals surface area contributed by atoms with Crippen molar-refractivity contribution in [1.29, 1.82) is 0 Å². The molecule has 90 valence electrons. The van der Waals surface area contributed by atoms with E-state index in [0.717, 1.165) is 6.07 Å². The molecule has 0 aliphatic carbocycles. The normalized spacial score (nSPS) is 12.0. The second-order valence-corrected chi connectivity index (χ2v) is 3.38. The lowest BCUT2D eigenvalue weighted by Crippen LogP contribution is -2.09. The van der Waals surface area contributed by atoms with Crippen LogP contribution in [0.3, 0.4) is 0 Å². The second-order valence-electron chi connectivity index (χ2n) is 2.97. The highest BCUT2D eigenvalue weighted by atomic mass is 35.5. The van der Waals surface area contributed by atoms with Crippen molar-refractivity contribution >= 4 is 11.6 Å². The third kappa shape index (κ3) is 2.98. The minimum Gasteiger partial charge on any atom is -0.433 e. The largest absolute Gasteiger partial charge is 0.433 e. The Balaban J connectivity index is 3.22. The third-order valence-corrected chi connectivity index (χ3v) is 2.10. The summed E-state index contributed by atoms with van der Waals surface area (Å²) in [5, 5.41) is -0.286. The van der Waals surface area contributed by atoms with Crippen LogP contribution >= 0.6 is 11.6 Å². The van der Waals surface area contributed by atoms with Crippen molar-refractivity contribution in [3.8, 4) is 5.75 Å². The van der Waals surface area contributed by atoms with Gasteiger partial charge in [-0.05, 0) is 24.6 Å². The molecule has 1 aromatic rings. The molecule has 0 unspecified atom stereocenters. The van der Waals surface area contributed by atoms with Gasteiger partial charge in [-0.3, -0.25) is 0 Å². The molecule has 0 bridgehead atoms. The van der Waals surface area contributed by atoms with E-state index in [0.29, 0.717) is 6.07 Å². The van der Waals surface area contributed by atoms with E-state index >= 15 is 0 Å². The molecular formula is C9H6ClF5O. The minimum atomic E-state index is -4.63. The van der Waals surface area contributed by atoms with Crippen molar-refractivity contribution in [1.82, 2.24) is 0 Å². The predicted molar refractivity (Wildman–Crippen MR) is 47.8 cm³/mol. The molecule has 16 heavy (non-hydrogen) atoms. The van der Waals surface area contributed by atoms with Crippen LogP contribution in [0.2, 0.25) is 5.02 Å². The molecule has 0 saturated heterocycles. The first-order valence-electron chi connectivity index (χ1n) is 4.04. The summed E-state index contributed by atoms with van der Waals surface area (Å²) >= 11 is 5.47. The number of aryl methyl sites for hydroxylation is 1. The average Bonchev–Trinajstić information content (AvgIpc) is 2.06. The number of ether oxygens (including phenoxy) is 1. The van der Waals surface area contributed by atoms with Gasteiger partial charge in [-0.15, -0.1) is 0 Å². The van der Waals surface area contributed by atoms with E-state index in [4.69, 9.17) is 11.6 Å². The smallest absolute Gasteiger partial charge is 0.416 e. The zero-order valence-corrected chi connectivity index (χ0v) is 8.66. The molecule has 0 radical (unpaired) electrons. The second kappa shape index (κ2) is 4.45. The number of alkyl halides is 5. The van der Waals surface area contributed by atoms with Crippen molar-refractivity contribution in [2.45, 2.75) is 19.7 Å². The third-order valence-electron chi connectivity index (χ3n) is 1.80. The van der Waals surface area contributed by atoms with Crippen LogP contribution in [-0.4, -0.2) is 6.61 Å². The molecule has 0 aliphatic heterocycles. The van der Waals surface area contributed by atoms with Crippen LogP contribution in [0.25, 0.3) is 0 Å². The first-order valence-corrected chi connectivity index (χ1v) is 4.41. The number of rotatable bonds is 2. The van der Waals surface area contributed by atoms with E-state index in [2.05, 4.69) is 4.74 Å². The SMILES string of the molecule is Cc1cc(Cl)c(OC(F)F)cc1C(F)(F)F. The molecule has 1 nitrogen and oxygen atoms in total. The molecule has 0 aliphatic rings. The van der Waals surface area contributed by atoms with Gasteiger partial charge >= 0.3 is 12.8 Å². The van der Waals surface area contributed by atoms with E-state index in [-0.39, 0.29) is 10.6 Å². The highest BCUT2D eigenvalue weighted by molar-refractivity contribution is 6.32. The lowest BCUT2D eigenvalue weighted by atomic mass is 10.1. The Morgan fingerprint density at radius 3 is 2.25 bits per heavy atom. The highest BCUT2D eigenvalue weighted by Crippen LogP contribution is 2.37. The Hall–Kier alpha value is -1.04. The molecule has 0 heterocycles. The molecular weight excluding hydrogens is 255 g/mol. The average molecular weight is 261 g/mol. The molecule has 0 aromatic heterocycles. The van der Waals surface area contributed by atoms with Crippen LogP contribution in [0.1, 0.15) is 11.1 Å². The molecule has 7 heteroatoms. The van der Waals surface area contributed by atoms with Gasteiger partial charge in [-0.1, -0.05) is 11.6 Å². The highest BCUT2D eigenvalue weighted by Gasteiger charge is 2.33. The van der Waals surface area contributed by atoms with Crippen LogP contribution in [-0.2, 0) is 6.18 Å². The van der Waals surface area contributed by atoms with E-state index in [1.165, 1.54) is 6.92 Å². The Labute approximate surface area is 92.8 Å². The van der Waals surface area contributed by atoms with Crippen molar-refractivity contribution < 1.29 is 26.7 Å². The quantitative estimate of drug-likeness (QED) is 0.722. The Kier molecular flexibility index (Phi) is 3.62. The van der Waals surface area contributed by atoms with E-state index in [1.54, 1.807) is 0 Å². The van der Waals surface area contributed by atoms with Gasteiger partial charge < -0.3 is 4.74 Å². The summed E-state index contributed by atoms with van der Waals surface area (Å²) in [7, 11) is 0. The lowest BCUT2D eigenvalue weighted by molar-refractivity contribution is -0.138. The fourth-order valence-electron chi connectivity index (χ4n) is 1.14. The fraction of sp³-hybridized carbons (Fsp3) is 0.333. The van der Waals surface area contributed by atoms with Crippen LogP contribution in [0, 0.1) is 6.92 Å². The standard InChI is InChI=1S/C9H6ClF5O/c1-4-2-6(10)7(16-8(11)12)3-5(4)9(13,14)15/h2-3,8H,1H3. The van der Waals surface area contributed by atoms with Crippen molar-refractivity contribution in [2.75, 3.05) is 0 Å². The molecule has 0 saturated carbocycles. The lowest BCUT2D eigenvalue weighted by Gasteiger charge is -2.13. The predicted octanol–water partition coefficient (Wildman–Crippen LogP) is 4.27. The number of hydrogen-bond acceptors (Lipinski definition) is 1. The van der Waals surface area contributed by atoms with Crippen molar-refractivity contribution in [2.24, 2.45) is 0 Å². The van der Waals surface area contributed by atoms with Gasteiger partial charge in [0.15, 0.2) is 0 Å². The summed E-state index contributed by atoms with van der Waals surface area (Å²) in [4.78, 5) is 0. The van der Waals surface area contributed by atoms with Gasteiger partial charge in [0.05, 0.1) is 10.6 Å².